The highest BCUT2D eigenvalue weighted by molar-refractivity contribution is 7.98. The summed E-state index contributed by atoms with van der Waals surface area (Å²) in [6.07, 6.45) is -4.32. The van der Waals surface area contributed by atoms with Gasteiger partial charge in [0.25, 0.3) is 0 Å². The minimum Gasteiger partial charge on any atom is -0.188 e. The second-order valence-electron chi connectivity index (χ2n) is 5.19. The molecule has 0 atom stereocenters. The van der Waals surface area contributed by atoms with Crippen molar-refractivity contribution in [3.8, 4) is 5.69 Å². The zero-order valence-corrected chi connectivity index (χ0v) is 13.5. The molecule has 0 aliphatic heterocycles. The maximum Gasteiger partial charge on any atom is 0.416 e. The first-order valence-electron chi connectivity index (χ1n) is 7.08. The molecule has 3 aromatic rings. The lowest BCUT2D eigenvalue weighted by Crippen LogP contribution is -2.04. The fourth-order valence-electron chi connectivity index (χ4n) is 2.05. The third-order valence-electron chi connectivity index (χ3n) is 3.37. The average Bonchev–Trinajstić information content (AvgIpc) is 3.02. The summed E-state index contributed by atoms with van der Waals surface area (Å²) < 4.78 is 39.3. The molecule has 0 aliphatic carbocycles. The molecule has 0 bridgehead atoms. The molecule has 124 valence electrons. The maximum atomic E-state index is 12.6. The quantitative estimate of drug-likeness (QED) is 0.659. The smallest absolute Gasteiger partial charge is 0.188 e. The lowest BCUT2D eigenvalue weighted by atomic mass is 10.1. The van der Waals surface area contributed by atoms with Gasteiger partial charge in [0.1, 0.15) is 0 Å². The van der Waals surface area contributed by atoms with Crippen LogP contribution in [0.2, 0.25) is 0 Å². The molecule has 0 amide bonds. The van der Waals surface area contributed by atoms with Crippen LogP contribution in [-0.4, -0.2) is 20.2 Å². The topological polar surface area (TPSA) is 43.6 Å². The summed E-state index contributed by atoms with van der Waals surface area (Å²) >= 11 is 1.36. The molecule has 3 rings (SSSR count). The van der Waals surface area contributed by atoms with Gasteiger partial charge in [-0.2, -0.15) is 17.9 Å². The molecular formula is C16H13F3N4S. The van der Waals surface area contributed by atoms with E-state index in [1.54, 1.807) is 4.68 Å². The van der Waals surface area contributed by atoms with E-state index >= 15 is 0 Å². The van der Waals surface area contributed by atoms with Crippen molar-refractivity contribution in [2.75, 3.05) is 0 Å². The van der Waals surface area contributed by atoms with Crippen LogP contribution in [0.15, 0.2) is 53.7 Å². The number of halogens is 3. The Bertz CT molecular complexity index is 811. The number of alkyl halides is 3. The number of tetrazole rings is 1. The predicted molar refractivity (Wildman–Crippen MR) is 84.9 cm³/mol. The van der Waals surface area contributed by atoms with Crippen LogP contribution in [0.1, 0.15) is 16.7 Å². The SMILES string of the molecule is Cc1ccc(-n2nnnc2SCc2ccc(C(F)(F)F)cc2)cc1. The first kappa shape index (κ1) is 16.5. The molecule has 1 heterocycles. The third kappa shape index (κ3) is 3.76. The van der Waals surface area contributed by atoms with Crippen molar-refractivity contribution in [3.05, 3.63) is 65.2 Å². The van der Waals surface area contributed by atoms with Crippen molar-refractivity contribution in [2.45, 2.75) is 24.0 Å². The van der Waals surface area contributed by atoms with Gasteiger partial charge in [-0.05, 0) is 47.2 Å². The highest BCUT2D eigenvalue weighted by Gasteiger charge is 2.29. The summed E-state index contributed by atoms with van der Waals surface area (Å²) in [4.78, 5) is 0. The van der Waals surface area contributed by atoms with Gasteiger partial charge in [0.2, 0.25) is 5.16 Å². The largest absolute Gasteiger partial charge is 0.416 e. The molecule has 0 fully saturated rings. The minimum absolute atomic E-state index is 0.477. The molecule has 2 aromatic carbocycles. The van der Waals surface area contributed by atoms with Crippen molar-refractivity contribution in [2.24, 2.45) is 0 Å². The van der Waals surface area contributed by atoms with Crippen LogP contribution in [0.3, 0.4) is 0 Å². The van der Waals surface area contributed by atoms with Gasteiger partial charge in [-0.15, -0.1) is 5.10 Å². The van der Waals surface area contributed by atoms with Crippen LogP contribution in [0, 0.1) is 6.92 Å². The predicted octanol–water partition coefficient (Wildman–Crippen LogP) is 4.28. The summed E-state index contributed by atoms with van der Waals surface area (Å²) in [5.41, 5.74) is 2.08. The van der Waals surface area contributed by atoms with Gasteiger partial charge in [0, 0.05) is 5.75 Å². The number of hydrogen-bond donors (Lipinski definition) is 0. The lowest BCUT2D eigenvalue weighted by Gasteiger charge is -2.08. The Kier molecular flexibility index (Phi) is 4.57. The molecular weight excluding hydrogens is 337 g/mol. The van der Waals surface area contributed by atoms with E-state index < -0.39 is 11.7 Å². The summed E-state index contributed by atoms with van der Waals surface area (Å²) in [5, 5.41) is 12.2. The van der Waals surface area contributed by atoms with Crippen LogP contribution in [0.25, 0.3) is 5.69 Å². The molecule has 8 heteroatoms. The van der Waals surface area contributed by atoms with E-state index in [1.807, 2.05) is 31.2 Å². The Labute approximate surface area is 140 Å². The van der Waals surface area contributed by atoms with E-state index in [2.05, 4.69) is 15.5 Å². The summed E-state index contributed by atoms with van der Waals surface area (Å²) in [5.74, 6) is 0.477. The van der Waals surface area contributed by atoms with E-state index in [-0.39, 0.29) is 0 Å². The number of benzene rings is 2. The standard InChI is InChI=1S/C16H13F3N4S/c1-11-2-8-14(9-3-11)23-15(20-21-22-23)24-10-12-4-6-13(7-5-12)16(17,18)19/h2-9H,10H2,1H3. The number of thioether (sulfide) groups is 1. The van der Waals surface area contributed by atoms with Gasteiger partial charge < -0.3 is 0 Å². The molecule has 0 saturated heterocycles. The highest BCUT2D eigenvalue weighted by atomic mass is 32.2. The number of aryl methyl sites for hydroxylation is 1. The summed E-state index contributed by atoms with van der Waals surface area (Å²) in [7, 11) is 0. The van der Waals surface area contributed by atoms with Gasteiger partial charge in [-0.1, -0.05) is 41.6 Å². The Morgan fingerprint density at radius 2 is 1.67 bits per heavy atom. The Morgan fingerprint density at radius 3 is 2.29 bits per heavy atom. The molecule has 0 N–H and O–H groups in total. The second kappa shape index (κ2) is 6.64. The van der Waals surface area contributed by atoms with Crippen LogP contribution in [0.5, 0.6) is 0 Å². The fourth-order valence-corrected chi connectivity index (χ4v) is 2.90. The maximum absolute atomic E-state index is 12.6. The van der Waals surface area contributed by atoms with Gasteiger partial charge in [-0.3, -0.25) is 0 Å². The van der Waals surface area contributed by atoms with Crippen LogP contribution < -0.4 is 0 Å². The molecule has 0 radical (unpaired) electrons. The van der Waals surface area contributed by atoms with E-state index in [4.69, 9.17) is 0 Å². The van der Waals surface area contributed by atoms with E-state index in [0.717, 1.165) is 28.9 Å². The first-order valence-corrected chi connectivity index (χ1v) is 8.06. The lowest BCUT2D eigenvalue weighted by molar-refractivity contribution is -0.137. The van der Waals surface area contributed by atoms with Crippen LogP contribution >= 0.6 is 11.8 Å². The second-order valence-corrected chi connectivity index (χ2v) is 6.13. The van der Waals surface area contributed by atoms with Crippen molar-refractivity contribution in [1.29, 1.82) is 0 Å². The zero-order chi connectivity index (χ0) is 17.2. The Hall–Kier alpha value is -2.35. The third-order valence-corrected chi connectivity index (χ3v) is 4.36. The monoisotopic (exact) mass is 350 g/mol. The van der Waals surface area contributed by atoms with E-state index in [1.165, 1.54) is 23.9 Å². The van der Waals surface area contributed by atoms with E-state index in [9.17, 15) is 13.2 Å². The molecule has 24 heavy (non-hydrogen) atoms. The normalized spacial score (nSPS) is 11.7. The van der Waals surface area contributed by atoms with Gasteiger partial charge >= 0.3 is 6.18 Å². The van der Waals surface area contributed by atoms with Crippen molar-refractivity contribution >= 4 is 11.8 Å². The summed E-state index contributed by atoms with van der Waals surface area (Å²) in [6, 6.07) is 12.8. The van der Waals surface area contributed by atoms with Gasteiger partial charge in [-0.25, -0.2) is 0 Å². The molecule has 0 aliphatic rings. The Morgan fingerprint density at radius 1 is 1.00 bits per heavy atom. The van der Waals surface area contributed by atoms with Crippen LogP contribution in [-0.2, 0) is 11.9 Å². The van der Waals surface area contributed by atoms with Crippen molar-refractivity contribution in [1.82, 2.24) is 20.2 Å². The summed E-state index contributed by atoms with van der Waals surface area (Å²) in [6.45, 7) is 1.99. The average molecular weight is 350 g/mol. The number of nitrogens with zero attached hydrogens (tertiary/aromatic N) is 4. The molecule has 0 spiro atoms. The first-order chi connectivity index (χ1) is 11.4. The Balaban J connectivity index is 1.72. The fraction of sp³-hybridized carbons (Fsp3) is 0.188. The van der Waals surface area contributed by atoms with E-state index in [0.29, 0.717) is 10.9 Å². The van der Waals surface area contributed by atoms with Crippen LogP contribution in [0.4, 0.5) is 13.2 Å². The number of rotatable bonds is 4. The zero-order valence-electron chi connectivity index (χ0n) is 12.7. The molecule has 1 aromatic heterocycles. The van der Waals surface area contributed by atoms with Gasteiger partial charge in [0.05, 0.1) is 11.3 Å². The minimum atomic E-state index is -4.32. The molecule has 0 saturated carbocycles. The highest BCUT2D eigenvalue weighted by Crippen LogP contribution is 2.30. The van der Waals surface area contributed by atoms with Gasteiger partial charge in [0.15, 0.2) is 0 Å². The molecule has 0 unspecified atom stereocenters. The van der Waals surface area contributed by atoms with Crippen molar-refractivity contribution in [3.63, 3.8) is 0 Å². The molecule has 4 nitrogen and oxygen atoms in total. The number of hydrogen-bond acceptors (Lipinski definition) is 4. The number of aromatic nitrogens is 4. The van der Waals surface area contributed by atoms with Crippen molar-refractivity contribution < 1.29 is 13.2 Å².